The third-order valence-corrected chi connectivity index (χ3v) is 6.06. The van der Waals surface area contributed by atoms with Gasteiger partial charge in [-0.3, -0.25) is 9.59 Å². The molecular formula is C25H28N4O4. The summed E-state index contributed by atoms with van der Waals surface area (Å²) in [5, 5.41) is 27.8. The molecule has 8 heteroatoms. The van der Waals surface area contributed by atoms with E-state index in [9.17, 15) is 19.8 Å². The number of aliphatic hydroxyl groups is 2. The van der Waals surface area contributed by atoms with Gasteiger partial charge in [0.25, 0.3) is 11.8 Å². The normalized spacial score (nSPS) is 18.5. The number of likely N-dealkylation sites (tertiary alicyclic amines) is 1. The predicted octanol–water partition coefficient (Wildman–Crippen LogP) is 2.13. The molecule has 4 rings (SSSR count). The number of benzene rings is 2. The smallest absolute Gasteiger partial charge is 0.255 e. The summed E-state index contributed by atoms with van der Waals surface area (Å²) in [4.78, 5) is 27.0. The van der Waals surface area contributed by atoms with E-state index in [-0.39, 0.29) is 6.04 Å². The number of nitrogens with zero attached hydrogens (tertiary/aromatic N) is 3. The van der Waals surface area contributed by atoms with Crippen LogP contribution < -0.4 is 5.32 Å². The van der Waals surface area contributed by atoms with Crippen molar-refractivity contribution in [3.05, 3.63) is 84.2 Å². The van der Waals surface area contributed by atoms with Crippen molar-refractivity contribution >= 4 is 11.8 Å². The Morgan fingerprint density at radius 3 is 2.42 bits per heavy atom. The molecule has 1 unspecified atom stereocenters. The van der Waals surface area contributed by atoms with Crippen molar-refractivity contribution < 1.29 is 19.8 Å². The molecule has 0 saturated carbocycles. The Balaban J connectivity index is 1.37. The molecule has 0 spiro atoms. The molecule has 1 aliphatic rings. The van der Waals surface area contributed by atoms with Crippen LogP contribution in [0, 0.1) is 0 Å². The molecule has 0 bridgehead atoms. The van der Waals surface area contributed by atoms with E-state index in [0.29, 0.717) is 6.54 Å². The van der Waals surface area contributed by atoms with Crippen LogP contribution in [0.2, 0.25) is 0 Å². The zero-order valence-electron chi connectivity index (χ0n) is 18.4. The van der Waals surface area contributed by atoms with E-state index in [1.54, 1.807) is 22.7 Å². The number of hydrogen-bond donors (Lipinski definition) is 3. The minimum atomic E-state index is -1.86. The first-order valence-electron chi connectivity index (χ1n) is 11.1. The Morgan fingerprint density at radius 1 is 1.03 bits per heavy atom. The van der Waals surface area contributed by atoms with E-state index >= 15 is 0 Å². The Hall–Kier alpha value is -3.49. The Bertz CT molecular complexity index is 1070. The fourth-order valence-electron chi connectivity index (χ4n) is 4.22. The maximum atomic E-state index is 12.9. The van der Waals surface area contributed by atoms with Gasteiger partial charge in [-0.15, -0.1) is 0 Å². The lowest BCUT2D eigenvalue weighted by Crippen LogP contribution is -2.50. The number of carbonyl (C=O) groups excluding carboxylic acids is 2. The predicted molar refractivity (Wildman–Crippen MR) is 122 cm³/mol. The first-order chi connectivity index (χ1) is 16.0. The highest BCUT2D eigenvalue weighted by Crippen LogP contribution is 2.32. The number of aliphatic hydroxyl groups excluding tert-OH is 2. The van der Waals surface area contributed by atoms with Crippen molar-refractivity contribution in [2.24, 2.45) is 0 Å². The first-order valence-corrected chi connectivity index (χ1v) is 11.1. The molecule has 8 nitrogen and oxygen atoms in total. The zero-order valence-corrected chi connectivity index (χ0v) is 18.4. The molecule has 1 saturated heterocycles. The number of nitrogens with one attached hydrogen (secondary N) is 1. The lowest BCUT2D eigenvalue weighted by Gasteiger charge is -2.29. The van der Waals surface area contributed by atoms with Crippen LogP contribution in [0.4, 0.5) is 0 Å². The molecule has 1 aliphatic heterocycles. The van der Waals surface area contributed by atoms with E-state index < -0.39 is 30.1 Å². The Labute approximate surface area is 192 Å². The largest absolute Gasteiger partial charge is 0.380 e. The highest BCUT2D eigenvalue weighted by molar-refractivity contribution is 5.91. The molecule has 0 radical (unpaired) electrons. The van der Waals surface area contributed by atoms with Gasteiger partial charge in [-0.1, -0.05) is 42.5 Å². The van der Waals surface area contributed by atoms with Crippen molar-refractivity contribution in [2.45, 2.75) is 44.1 Å². The van der Waals surface area contributed by atoms with Crippen LogP contribution in [0.3, 0.4) is 0 Å². The second-order valence-electron chi connectivity index (χ2n) is 8.26. The average Bonchev–Trinajstić information content (AvgIpc) is 3.56. The topological polar surface area (TPSA) is 108 Å². The molecule has 3 aromatic rings. The summed E-state index contributed by atoms with van der Waals surface area (Å²) in [5.74, 6) is -1.44. The highest BCUT2D eigenvalue weighted by Gasteiger charge is 2.38. The maximum Gasteiger partial charge on any atom is 0.255 e. The molecule has 172 valence electrons. The van der Waals surface area contributed by atoms with Gasteiger partial charge < -0.3 is 20.4 Å². The summed E-state index contributed by atoms with van der Waals surface area (Å²) in [6, 6.07) is 18.3. The quantitative estimate of drug-likeness (QED) is 0.513. The second-order valence-corrected chi connectivity index (χ2v) is 8.26. The monoisotopic (exact) mass is 448 g/mol. The molecule has 4 atom stereocenters. The SMILES string of the molecule is C[C@@H](NC(=O)[C@H](O)[C@@H](O)C(=O)N1CCCC1c1ccccc1)c1ccc(-n2cccn2)cc1. The van der Waals surface area contributed by atoms with Crippen molar-refractivity contribution in [3.8, 4) is 5.69 Å². The fraction of sp³-hybridized carbons (Fsp3) is 0.320. The Morgan fingerprint density at radius 2 is 1.76 bits per heavy atom. The molecule has 1 aromatic heterocycles. The third-order valence-electron chi connectivity index (χ3n) is 6.06. The number of rotatable bonds is 7. The summed E-state index contributed by atoms with van der Waals surface area (Å²) in [5.41, 5.74) is 2.67. The number of hydrogen-bond acceptors (Lipinski definition) is 5. The zero-order chi connectivity index (χ0) is 23.4. The van der Waals surface area contributed by atoms with Crippen LogP contribution in [0.5, 0.6) is 0 Å². The van der Waals surface area contributed by atoms with Crippen molar-refractivity contribution in [2.75, 3.05) is 6.54 Å². The van der Waals surface area contributed by atoms with Crippen LogP contribution in [0.25, 0.3) is 5.69 Å². The molecule has 2 aromatic carbocycles. The fourth-order valence-corrected chi connectivity index (χ4v) is 4.22. The van der Waals surface area contributed by atoms with Gasteiger partial charge in [0.1, 0.15) is 0 Å². The van der Waals surface area contributed by atoms with Gasteiger partial charge in [-0.05, 0) is 49.1 Å². The van der Waals surface area contributed by atoms with E-state index in [2.05, 4.69) is 10.4 Å². The standard InChI is InChI=1S/C25H28N4O4/c1-17(18-10-12-20(13-11-18)29-16-6-14-26-29)27-24(32)22(30)23(31)25(33)28-15-5-9-21(28)19-7-3-2-4-8-19/h2-4,6-8,10-14,16-17,21-23,30-31H,5,9,15H2,1H3,(H,27,32)/t17-,21?,22-,23-/m1/s1. The third kappa shape index (κ3) is 4.97. The summed E-state index contributed by atoms with van der Waals surface area (Å²) < 4.78 is 1.72. The van der Waals surface area contributed by atoms with E-state index in [4.69, 9.17) is 0 Å². The van der Waals surface area contributed by atoms with E-state index in [1.165, 1.54) is 0 Å². The van der Waals surface area contributed by atoms with Crippen LogP contribution in [0.15, 0.2) is 73.1 Å². The van der Waals surface area contributed by atoms with Gasteiger partial charge >= 0.3 is 0 Å². The van der Waals surface area contributed by atoms with Gasteiger partial charge in [-0.2, -0.15) is 5.10 Å². The van der Waals surface area contributed by atoms with Gasteiger partial charge in [-0.25, -0.2) is 4.68 Å². The summed E-state index contributed by atoms with van der Waals surface area (Å²) in [6.45, 7) is 2.25. The van der Waals surface area contributed by atoms with Crippen LogP contribution in [-0.2, 0) is 9.59 Å². The second kappa shape index (κ2) is 9.97. The summed E-state index contributed by atoms with van der Waals surface area (Å²) >= 11 is 0. The maximum absolute atomic E-state index is 12.9. The minimum absolute atomic E-state index is 0.171. The van der Waals surface area contributed by atoms with Crippen LogP contribution in [0.1, 0.15) is 43.0 Å². The lowest BCUT2D eigenvalue weighted by atomic mass is 10.0. The van der Waals surface area contributed by atoms with Gasteiger partial charge in [0.15, 0.2) is 12.2 Å². The highest BCUT2D eigenvalue weighted by atomic mass is 16.3. The molecule has 3 N–H and O–H groups in total. The molecule has 2 heterocycles. The van der Waals surface area contributed by atoms with E-state index in [1.807, 2.05) is 66.9 Å². The number of aromatic nitrogens is 2. The lowest BCUT2D eigenvalue weighted by molar-refractivity contribution is -0.154. The summed E-state index contributed by atoms with van der Waals surface area (Å²) in [6.07, 6.45) is 1.40. The number of amides is 2. The Kier molecular flexibility index (Phi) is 6.86. The molecule has 2 amide bonds. The average molecular weight is 449 g/mol. The van der Waals surface area contributed by atoms with Crippen molar-refractivity contribution in [3.63, 3.8) is 0 Å². The van der Waals surface area contributed by atoms with Gasteiger partial charge in [0.05, 0.1) is 17.8 Å². The molecule has 1 fully saturated rings. The van der Waals surface area contributed by atoms with Crippen molar-refractivity contribution in [1.82, 2.24) is 20.0 Å². The van der Waals surface area contributed by atoms with Crippen LogP contribution in [-0.4, -0.2) is 55.5 Å². The molecule has 0 aliphatic carbocycles. The van der Waals surface area contributed by atoms with Crippen molar-refractivity contribution in [1.29, 1.82) is 0 Å². The van der Waals surface area contributed by atoms with Crippen LogP contribution >= 0.6 is 0 Å². The van der Waals surface area contributed by atoms with Gasteiger partial charge in [0, 0.05) is 18.9 Å². The van der Waals surface area contributed by atoms with Gasteiger partial charge in [0.2, 0.25) is 0 Å². The molecule has 33 heavy (non-hydrogen) atoms. The molecular weight excluding hydrogens is 420 g/mol. The first kappa shape index (κ1) is 22.7. The minimum Gasteiger partial charge on any atom is -0.380 e. The van der Waals surface area contributed by atoms with E-state index in [0.717, 1.165) is 29.7 Å². The summed E-state index contributed by atoms with van der Waals surface area (Å²) in [7, 11) is 0. The number of carbonyl (C=O) groups is 2.